The van der Waals surface area contributed by atoms with Crippen molar-refractivity contribution in [1.29, 1.82) is 0 Å². The fourth-order valence-corrected chi connectivity index (χ4v) is 2.64. The molecule has 110 valence electrons. The second-order valence-corrected chi connectivity index (χ2v) is 5.67. The summed E-state index contributed by atoms with van der Waals surface area (Å²) in [4.78, 5) is 11.1. The molecule has 0 aromatic carbocycles. The lowest BCUT2D eigenvalue weighted by molar-refractivity contribution is 0.163. The molecule has 0 spiro atoms. The molecular weight excluding hydrogens is 262 g/mol. The Morgan fingerprint density at radius 2 is 1.67 bits per heavy atom. The predicted octanol–water partition coefficient (Wildman–Crippen LogP) is 3.14. The Kier molecular flexibility index (Phi) is 4.04. The SMILES string of the molecule is Cc1ccnc(OC2CCN(c3cc(C)ccn3)CC2)c1. The molecule has 1 aliphatic heterocycles. The van der Waals surface area contributed by atoms with Gasteiger partial charge in [-0.15, -0.1) is 0 Å². The average molecular weight is 283 g/mol. The van der Waals surface area contributed by atoms with Crippen molar-refractivity contribution in [2.45, 2.75) is 32.8 Å². The number of hydrogen-bond acceptors (Lipinski definition) is 4. The second-order valence-electron chi connectivity index (χ2n) is 5.67. The molecule has 0 bridgehead atoms. The van der Waals surface area contributed by atoms with E-state index in [9.17, 15) is 0 Å². The summed E-state index contributed by atoms with van der Waals surface area (Å²) >= 11 is 0. The standard InChI is InChI=1S/C17H21N3O/c1-13-3-7-18-16(11-13)20-9-5-15(6-10-20)21-17-12-14(2)4-8-19-17/h3-4,7-8,11-12,15H,5-6,9-10H2,1-2H3. The minimum atomic E-state index is 0.250. The lowest BCUT2D eigenvalue weighted by Crippen LogP contribution is -2.38. The average Bonchev–Trinajstić information content (AvgIpc) is 2.48. The van der Waals surface area contributed by atoms with Gasteiger partial charge in [0.15, 0.2) is 0 Å². The third kappa shape index (κ3) is 3.51. The number of ether oxygens (including phenoxy) is 1. The summed E-state index contributed by atoms with van der Waals surface area (Å²) in [6, 6.07) is 8.15. The summed E-state index contributed by atoms with van der Waals surface area (Å²) in [5.74, 6) is 1.81. The third-order valence-electron chi connectivity index (χ3n) is 3.84. The molecule has 2 aromatic heterocycles. The van der Waals surface area contributed by atoms with E-state index in [2.05, 4.69) is 34.8 Å². The normalized spacial score (nSPS) is 16.0. The molecule has 1 saturated heterocycles. The molecule has 0 aliphatic carbocycles. The second kappa shape index (κ2) is 6.12. The Hall–Kier alpha value is -2.10. The predicted molar refractivity (Wildman–Crippen MR) is 83.8 cm³/mol. The number of anilines is 1. The highest BCUT2D eigenvalue weighted by atomic mass is 16.5. The van der Waals surface area contributed by atoms with Gasteiger partial charge in [0, 0.05) is 44.4 Å². The smallest absolute Gasteiger partial charge is 0.213 e. The first kappa shape index (κ1) is 13.9. The van der Waals surface area contributed by atoms with Gasteiger partial charge in [0.05, 0.1) is 0 Å². The van der Waals surface area contributed by atoms with Crippen LogP contribution in [-0.2, 0) is 0 Å². The lowest BCUT2D eigenvalue weighted by atomic mass is 10.1. The zero-order chi connectivity index (χ0) is 14.7. The van der Waals surface area contributed by atoms with E-state index < -0.39 is 0 Å². The van der Waals surface area contributed by atoms with Crippen LogP contribution < -0.4 is 9.64 Å². The highest BCUT2D eigenvalue weighted by Gasteiger charge is 2.21. The van der Waals surface area contributed by atoms with Gasteiger partial charge in [-0.25, -0.2) is 9.97 Å². The van der Waals surface area contributed by atoms with Crippen LogP contribution in [0.2, 0.25) is 0 Å². The minimum absolute atomic E-state index is 0.250. The molecule has 0 amide bonds. The number of nitrogens with zero attached hydrogens (tertiary/aromatic N) is 3. The first-order valence-electron chi connectivity index (χ1n) is 7.47. The molecule has 0 unspecified atom stereocenters. The van der Waals surface area contributed by atoms with Crippen LogP contribution in [-0.4, -0.2) is 29.2 Å². The van der Waals surface area contributed by atoms with E-state index in [1.54, 1.807) is 6.20 Å². The van der Waals surface area contributed by atoms with E-state index in [0.29, 0.717) is 0 Å². The van der Waals surface area contributed by atoms with Crippen LogP contribution >= 0.6 is 0 Å². The van der Waals surface area contributed by atoms with Gasteiger partial charge in [-0.3, -0.25) is 0 Å². The fraction of sp³-hybridized carbons (Fsp3) is 0.412. The highest BCUT2D eigenvalue weighted by Crippen LogP contribution is 2.21. The molecule has 4 nitrogen and oxygen atoms in total. The largest absolute Gasteiger partial charge is 0.474 e. The van der Waals surface area contributed by atoms with Crippen molar-refractivity contribution in [2.24, 2.45) is 0 Å². The zero-order valence-electron chi connectivity index (χ0n) is 12.6. The van der Waals surface area contributed by atoms with Crippen LogP contribution in [0.25, 0.3) is 0 Å². The van der Waals surface area contributed by atoms with Gasteiger partial charge in [0.2, 0.25) is 5.88 Å². The van der Waals surface area contributed by atoms with Gasteiger partial charge in [-0.2, -0.15) is 0 Å². The summed E-state index contributed by atoms with van der Waals surface area (Å²) in [6.45, 7) is 6.12. The van der Waals surface area contributed by atoms with Crippen LogP contribution in [0.1, 0.15) is 24.0 Å². The van der Waals surface area contributed by atoms with Crippen LogP contribution in [0.4, 0.5) is 5.82 Å². The number of aryl methyl sites for hydroxylation is 2. The zero-order valence-corrected chi connectivity index (χ0v) is 12.6. The van der Waals surface area contributed by atoms with Crippen LogP contribution in [0, 0.1) is 13.8 Å². The molecule has 3 heterocycles. The monoisotopic (exact) mass is 283 g/mol. The van der Waals surface area contributed by atoms with Crippen LogP contribution in [0.3, 0.4) is 0 Å². The number of pyridine rings is 2. The molecule has 1 aliphatic rings. The maximum atomic E-state index is 5.99. The van der Waals surface area contributed by atoms with Crippen LogP contribution in [0.5, 0.6) is 5.88 Å². The summed E-state index contributed by atoms with van der Waals surface area (Å²) in [6.07, 6.45) is 5.94. The van der Waals surface area contributed by atoms with E-state index in [-0.39, 0.29) is 6.10 Å². The Labute approximate surface area is 125 Å². The maximum Gasteiger partial charge on any atom is 0.213 e. The van der Waals surface area contributed by atoms with Crippen molar-refractivity contribution in [3.63, 3.8) is 0 Å². The third-order valence-corrected chi connectivity index (χ3v) is 3.84. The molecule has 21 heavy (non-hydrogen) atoms. The van der Waals surface area contributed by atoms with Crippen LogP contribution in [0.15, 0.2) is 36.7 Å². The van der Waals surface area contributed by atoms with Crippen molar-refractivity contribution < 1.29 is 4.74 Å². The summed E-state index contributed by atoms with van der Waals surface area (Å²) < 4.78 is 5.99. The Morgan fingerprint density at radius 3 is 2.33 bits per heavy atom. The molecule has 2 aromatic rings. The topological polar surface area (TPSA) is 38.2 Å². The molecule has 3 rings (SSSR count). The molecule has 0 radical (unpaired) electrons. The Balaban J connectivity index is 1.58. The van der Waals surface area contributed by atoms with Gasteiger partial charge >= 0.3 is 0 Å². The van der Waals surface area contributed by atoms with Crippen molar-refractivity contribution in [1.82, 2.24) is 9.97 Å². The number of rotatable bonds is 3. The Morgan fingerprint density at radius 1 is 1.00 bits per heavy atom. The Bertz CT molecular complexity index is 606. The van der Waals surface area contributed by atoms with Gasteiger partial charge in [-0.1, -0.05) is 0 Å². The first-order valence-corrected chi connectivity index (χ1v) is 7.47. The number of piperidine rings is 1. The highest BCUT2D eigenvalue weighted by molar-refractivity contribution is 5.41. The number of hydrogen-bond donors (Lipinski definition) is 0. The minimum Gasteiger partial charge on any atom is -0.474 e. The quantitative estimate of drug-likeness (QED) is 0.867. The molecular formula is C17H21N3O. The van der Waals surface area contributed by atoms with E-state index in [4.69, 9.17) is 4.74 Å². The van der Waals surface area contributed by atoms with E-state index >= 15 is 0 Å². The molecule has 0 atom stereocenters. The van der Waals surface area contributed by atoms with Crippen molar-refractivity contribution in [3.8, 4) is 5.88 Å². The summed E-state index contributed by atoms with van der Waals surface area (Å²) in [5.41, 5.74) is 2.43. The maximum absolute atomic E-state index is 5.99. The van der Waals surface area contributed by atoms with Gasteiger partial charge in [0.1, 0.15) is 11.9 Å². The number of aromatic nitrogens is 2. The fourth-order valence-electron chi connectivity index (χ4n) is 2.64. The van der Waals surface area contributed by atoms with Gasteiger partial charge < -0.3 is 9.64 Å². The van der Waals surface area contributed by atoms with E-state index in [1.165, 1.54) is 11.1 Å². The first-order chi connectivity index (χ1) is 10.2. The van der Waals surface area contributed by atoms with Crippen molar-refractivity contribution in [3.05, 3.63) is 47.8 Å². The van der Waals surface area contributed by atoms with E-state index in [0.717, 1.165) is 37.6 Å². The summed E-state index contributed by atoms with van der Waals surface area (Å²) in [7, 11) is 0. The van der Waals surface area contributed by atoms with Gasteiger partial charge in [0.25, 0.3) is 0 Å². The van der Waals surface area contributed by atoms with Crippen molar-refractivity contribution >= 4 is 5.82 Å². The molecule has 0 N–H and O–H groups in total. The summed E-state index contributed by atoms with van der Waals surface area (Å²) in [5, 5.41) is 0. The van der Waals surface area contributed by atoms with Gasteiger partial charge in [-0.05, 0) is 43.2 Å². The molecule has 1 fully saturated rings. The molecule has 4 heteroatoms. The van der Waals surface area contributed by atoms with E-state index in [1.807, 2.05) is 24.4 Å². The van der Waals surface area contributed by atoms with Crippen molar-refractivity contribution in [2.75, 3.05) is 18.0 Å². The molecule has 0 saturated carbocycles. The lowest BCUT2D eigenvalue weighted by Gasteiger charge is -2.32.